The van der Waals surface area contributed by atoms with Crippen LogP contribution in [0.2, 0.25) is 5.02 Å². The van der Waals surface area contributed by atoms with Crippen LogP contribution in [0.4, 0.5) is 0 Å². The van der Waals surface area contributed by atoms with Gasteiger partial charge in [0.15, 0.2) is 9.84 Å². The van der Waals surface area contributed by atoms with E-state index in [0.717, 1.165) is 12.8 Å². The van der Waals surface area contributed by atoms with Crippen LogP contribution in [0.1, 0.15) is 29.6 Å². The van der Waals surface area contributed by atoms with Gasteiger partial charge in [-0.25, -0.2) is 8.42 Å². The van der Waals surface area contributed by atoms with Crippen molar-refractivity contribution >= 4 is 27.3 Å². The van der Waals surface area contributed by atoms with Gasteiger partial charge in [-0.2, -0.15) is 0 Å². The van der Waals surface area contributed by atoms with E-state index in [9.17, 15) is 13.2 Å². The Morgan fingerprint density at radius 3 is 2.74 bits per heavy atom. The van der Waals surface area contributed by atoms with Gasteiger partial charge in [-0.15, -0.1) is 0 Å². The number of carbonyl (C=O) groups is 1. The normalized spacial score (nSPS) is 24.1. The van der Waals surface area contributed by atoms with Crippen LogP contribution in [0.15, 0.2) is 18.2 Å². The van der Waals surface area contributed by atoms with E-state index in [0.29, 0.717) is 35.2 Å². The highest BCUT2D eigenvalue weighted by atomic mass is 35.5. The van der Waals surface area contributed by atoms with E-state index in [1.165, 1.54) is 7.11 Å². The van der Waals surface area contributed by atoms with Crippen molar-refractivity contribution in [1.29, 1.82) is 0 Å². The lowest BCUT2D eigenvalue weighted by Gasteiger charge is -2.30. The maximum atomic E-state index is 13.0. The molecule has 1 unspecified atom stereocenters. The van der Waals surface area contributed by atoms with Crippen LogP contribution >= 0.6 is 11.6 Å². The van der Waals surface area contributed by atoms with Gasteiger partial charge in [0.25, 0.3) is 5.91 Å². The molecule has 0 aromatic heterocycles. The quantitative estimate of drug-likeness (QED) is 0.833. The Hall–Kier alpha value is -1.27. The Morgan fingerprint density at radius 2 is 2.09 bits per heavy atom. The minimum Gasteiger partial charge on any atom is -0.496 e. The minimum atomic E-state index is -3.09. The minimum absolute atomic E-state index is 0.0688. The first kappa shape index (κ1) is 16.6. The zero-order valence-electron chi connectivity index (χ0n) is 13.0. The number of halogens is 1. The van der Waals surface area contributed by atoms with Gasteiger partial charge in [0, 0.05) is 17.6 Å². The van der Waals surface area contributed by atoms with Crippen molar-refractivity contribution in [1.82, 2.24) is 4.90 Å². The fraction of sp³-hybridized carbons (Fsp3) is 0.562. The standard InChI is InChI=1S/C16H20ClNO4S/c1-22-15-9-12(17)5-6-13(15)16(19)18-7-2-8-23(20,21)10-14(18)11-3-4-11/h5-6,9,11,14H,2-4,7-8,10H2,1H3. The summed E-state index contributed by atoms with van der Waals surface area (Å²) < 4.78 is 29.5. The number of carbonyl (C=O) groups excluding carboxylic acids is 1. The van der Waals surface area contributed by atoms with Crippen LogP contribution in [-0.4, -0.2) is 50.4 Å². The van der Waals surface area contributed by atoms with E-state index in [4.69, 9.17) is 16.3 Å². The zero-order chi connectivity index (χ0) is 16.6. The highest BCUT2D eigenvalue weighted by molar-refractivity contribution is 7.91. The number of ether oxygens (including phenoxy) is 1. The number of nitrogens with zero attached hydrogens (tertiary/aromatic N) is 1. The van der Waals surface area contributed by atoms with Crippen LogP contribution in [0.3, 0.4) is 0 Å². The average Bonchev–Trinajstić information content (AvgIpc) is 3.33. The number of methoxy groups -OCH3 is 1. The fourth-order valence-corrected chi connectivity index (χ4v) is 5.04. The van der Waals surface area contributed by atoms with Gasteiger partial charge in [-0.1, -0.05) is 11.6 Å². The van der Waals surface area contributed by atoms with E-state index in [1.807, 2.05) is 0 Å². The molecule has 1 aromatic carbocycles. The predicted molar refractivity (Wildman–Crippen MR) is 88.8 cm³/mol. The molecule has 0 spiro atoms. The van der Waals surface area contributed by atoms with Gasteiger partial charge in [-0.05, 0) is 43.4 Å². The Kier molecular flexibility index (Phi) is 4.56. The summed E-state index contributed by atoms with van der Waals surface area (Å²) in [6.45, 7) is 0.463. The first-order chi connectivity index (χ1) is 10.9. The first-order valence-corrected chi connectivity index (χ1v) is 9.96. The topological polar surface area (TPSA) is 63.7 Å². The molecule has 1 aromatic rings. The molecule has 7 heteroatoms. The molecule has 1 saturated heterocycles. The van der Waals surface area contributed by atoms with Gasteiger partial charge in [0.05, 0.1) is 24.2 Å². The molecule has 1 aliphatic carbocycles. The van der Waals surface area contributed by atoms with Gasteiger partial charge in [0.1, 0.15) is 5.75 Å². The van der Waals surface area contributed by atoms with Crippen molar-refractivity contribution < 1.29 is 17.9 Å². The molecule has 23 heavy (non-hydrogen) atoms. The van der Waals surface area contributed by atoms with Crippen LogP contribution < -0.4 is 4.74 Å². The summed E-state index contributed by atoms with van der Waals surface area (Å²) in [7, 11) is -1.60. The summed E-state index contributed by atoms with van der Waals surface area (Å²) in [6.07, 6.45) is 2.45. The number of sulfone groups is 1. The zero-order valence-corrected chi connectivity index (χ0v) is 14.6. The van der Waals surface area contributed by atoms with E-state index in [1.54, 1.807) is 23.1 Å². The molecule has 0 radical (unpaired) electrons. The lowest BCUT2D eigenvalue weighted by Crippen LogP contribution is -2.44. The van der Waals surface area contributed by atoms with Crippen molar-refractivity contribution in [3.63, 3.8) is 0 Å². The van der Waals surface area contributed by atoms with E-state index in [-0.39, 0.29) is 23.5 Å². The number of hydrogen-bond acceptors (Lipinski definition) is 4. The molecule has 126 valence electrons. The molecular weight excluding hydrogens is 338 g/mol. The lowest BCUT2D eigenvalue weighted by molar-refractivity contribution is 0.0677. The van der Waals surface area contributed by atoms with Crippen LogP contribution in [0, 0.1) is 5.92 Å². The average molecular weight is 358 g/mol. The maximum absolute atomic E-state index is 13.0. The number of rotatable bonds is 3. The van der Waals surface area contributed by atoms with Gasteiger partial charge >= 0.3 is 0 Å². The van der Waals surface area contributed by atoms with Gasteiger partial charge < -0.3 is 9.64 Å². The molecule has 1 heterocycles. The molecule has 0 bridgehead atoms. The molecule has 2 fully saturated rings. The molecule has 3 rings (SSSR count). The summed E-state index contributed by atoms with van der Waals surface area (Å²) >= 11 is 5.95. The molecule has 5 nitrogen and oxygen atoms in total. The summed E-state index contributed by atoms with van der Waals surface area (Å²) in [5.74, 6) is 0.763. The number of amides is 1. The van der Waals surface area contributed by atoms with E-state index in [2.05, 4.69) is 0 Å². The molecule has 0 N–H and O–H groups in total. The van der Waals surface area contributed by atoms with Crippen molar-refractivity contribution in [2.75, 3.05) is 25.2 Å². The van der Waals surface area contributed by atoms with E-state index < -0.39 is 9.84 Å². The maximum Gasteiger partial charge on any atom is 0.257 e. The summed E-state index contributed by atoms with van der Waals surface area (Å²) in [5, 5.41) is 0.496. The van der Waals surface area contributed by atoms with E-state index >= 15 is 0 Å². The third kappa shape index (κ3) is 3.63. The Labute approximate surface area is 141 Å². The molecule has 1 saturated carbocycles. The second-order valence-corrected chi connectivity index (χ2v) is 8.88. The van der Waals surface area contributed by atoms with Crippen molar-refractivity contribution in [2.24, 2.45) is 5.92 Å². The van der Waals surface area contributed by atoms with Crippen molar-refractivity contribution in [3.05, 3.63) is 28.8 Å². The smallest absolute Gasteiger partial charge is 0.257 e. The molecule has 1 aliphatic heterocycles. The molecule has 1 amide bonds. The summed E-state index contributed by atoms with van der Waals surface area (Å²) in [5.41, 5.74) is 0.432. The summed E-state index contributed by atoms with van der Waals surface area (Å²) in [6, 6.07) is 4.68. The third-order valence-corrected chi connectivity index (χ3v) is 6.50. The van der Waals surface area contributed by atoms with Gasteiger partial charge in [0.2, 0.25) is 0 Å². The lowest BCUT2D eigenvalue weighted by atomic mass is 10.1. The van der Waals surface area contributed by atoms with Crippen molar-refractivity contribution in [2.45, 2.75) is 25.3 Å². The highest BCUT2D eigenvalue weighted by Gasteiger charge is 2.42. The second kappa shape index (κ2) is 6.32. The predicted octanol–water partition coefficient (Wildman–Crippen LogP) is 2.39. The Bertz CT molecular complexity index is 715. The largest absolute Gasteiger partial charge is 0.496 e. The van der Waals surface area contributed by atoms with Crippen LogP contribution in [-0.2, 0) is 9.84 Å². The first-order valence-electron chi connectivity index (χ1n) is 7.76. The van der Waals surface area contributed by atoms with Crippen LogP contribution in [0.25, 0.3) is 0 Å². The van der Waals surface area contributed by atoms with Crippen LogP contribution in [0.5, 0.6) is 5.75 Å². The third-order valence-electron chi connectivity index (χ3n) is 4.50. The second-order valence-electron chi connectivity index (χ2n) is 6.22. The monoisotopic (exact) mass is 357 g/mol. The molecule has 2 aliphatic rings. The van der Waals surface area contributed by atoms with Crippen molar-refractivity contribution in [3.8, 4) is 5.75 Å². The number of hydrogen-bond donors (Lipinski definition) is 0. The number of benzene rings is 1. The summed E-state index contributed by atoms with van der Waals surface area (Å²) in [4.78, 5) is 14.7. The molecular formula is C16H20ClNO4S. The van der Waals surface area contributed by atoms with Gasteiger partial charge in [-0.3, -0.25) is 4.79 Å². The molecule has 1 atom stereocenters. The SMILES string of the molecule is COc1cc(Cl)ccc1C(=O)N1CCCS(=O)(=O)CC1C1CC1. The highest BCUT2D eigenvalue weighted by Crippen LogP contribution is 2.38. The fourth-order valence-electron chi connectivity index (χ4n) is 3.17. The Morgan fingerprint density at radius 1 is 1.35 bits per heavy atom. The Balaban J connectivity index is 1.93.